The highest BCUT2D eigenvalue weighted by atomic mass is 35.5. The third-order valence-electron chi connectivity index (χ3n) is 4.42. The van der Waals surface area contributed by atoms with E-state index in [1.807, 2.05) is 30.3 Å². The number of para-hydroxylation sites is 1. The maximum Gasteiger partial charge on any atom is 0.143 e. The fourth-order valence-corrected chi connectivity index (χ4v) is 3.31. The summed E-state index contributed by atoms with van der Waals surface area (Å²) >= 11 is 6.33. The summed E-state index contributed by atoms with van der Waals surface area (Å²) in [6, 6.07) is 9.60. The van der Waals surface area contributed by atoms with Crippen LogP contribution in [-0.4, -0.2) is 31.0 Å². The predicted octanol–water partition coefficient (Wildman–Crippen LogP) is 3.52. The lowest BCUT2D eigenvalue weighted by Crippen LogP contribution is -2.35. The first-order valence-electron chi connectivity index (χ1n) is 8.20. The van der Waals surface area contributed by atoms with Crippen molar-refractivity contribution >= 4 is 17.4 Å². The molecule has 1 atom stereocenters. The second kappa shape index (κ2) is 7.77. The first kappa shape index (κ1) is 16.9. The number of rotatable bonds is 5. The molecule has 1 aromatic heterocycles. The minimum Gasteiger partial charge on any atom is -0.496 e. The monoisotopic (exact) mass is 344 g/mol. The first-order valence-corrected chi connectivity index (χ1v) is 8.58. The molecule has 1 aromatic carbocycles. The molecule has 5 heteroatoms. The van der Waals surface area contributed by atoms with E-state index < -0.39 is 0 Å². The molecule has 0 aliphatic carbocycles. The van der Waals surface area contributed by atoms with Crippen LogP contribution in [0.5, 0.6) is 5.75 Å². The summed E-state index contributed by atoms with van der Waals surface area (Å²) in [7, 11) is 1.63. The number of nitrogens with one attached hydrogen (secondary N) is 1. The summed E-state index contributed by atoms with van der Waals surface area (Å²) < 4.78 is 5.42. The number of nitrogens with zero attached hydrogens (tertiary/aromatic N) is 1. The van der Waals surface area contributed by atoms with Gasteiger partial charge in [-0.1, -0.05) is 29.8 Å². The average molecular weight is 345 g/mol. The number of carbonyl (C=O) groups excluding carboxylic acids is 1. The third kappa shape index (κ3) is 3.77. The Morgan fingerprint density at radius 3 is 2.96 bits per heavy atom. The highest BCUT2D eigenvalue weighted by Crippen LogP contribution is 2.34. The molecule has 126 valence electrons. The summed E-state index contributed by atoms with van der Waals surface area (Å²) in [4.78, 5) is 16.8. The van der Waals surface area contributed by atoms with Crippen molar-refractivity contribution < 1.29 is 9.53 Å². The van der Waals surface area contributed by atoms with Crippen LogP contribution < -0.4 is 10.1 Å². The minimum absolute atomic E-state index is 0.0888. The second-order valence-electron chi connectivity index (χ2n) is 6.04. The number of ketones is 1. The lowest BCUT2D eigenvalue weighted by atomic mass is 9.92. The van der Waals surface area contributed by atoms with Gasteiger partial charge in [0.15, 0.2) is 0 Å². The van der Waals surface area contributed by atoms with Gasteiger partial charge in [-0.3, -0.25) is 9.78 Å². The van der Waals surface area contributed by atoms with Gasteiger partial charge in [0.05, 0.1) is 12.1 Å². The van der Waals surface area contributed by atoms with Crippen molar-refractivity contribution in [1.29, 1.82) is 0 Å². The molecule has 0 spiro atoms. The molecule has 24 heavy (non-hydrogen) atoms. The van der Waals surface area contributed by atoms with Crippen LogP contribution in [0, 0.1) is 5.92 Å². The molecule has 2 heterocycles. The van der Waals surface area contributed by atoms with E-state index in [0.29, 0.717) is 11.4 Å². The molecule has 3 rings (SSSR count). The van der Waals surface area contributed by atoms with Gasteiger partial charge in [-0.05, 0) is 31.5 Å². The van der Waals surface area contributed by atoms with Crippen LogP contribution in [0.1, 0.15) is 18.5 Å². The van der Waals surface area contributed by atoms with Crippen LogP contribution in [0.2, 0.25) is 5.02 Å². The fraction of sp³-hybridized carbons (Fsp3) is 0.368. The van der Waals surface area contributed by atoms with Gasteiger partial charge in [-0.15, -0.1) is 0 Å². The molecular weight excluding hydrogens is 324 g/mol. The molecule has 0 amide bonds. The third-order valence-corrected chi connectivity index (χ3v) is 4.72. The number of piperidine rings is 1. The molecule has 1 N–H and O–H groups in total. The zero-order chi connectivity index (χ0) is 16.9. The van der Waals surface area contributed by atoms with Crippen molar-refractivity contribution in [3.8, 4) is 16.9 Å². The fourth-order valence-electron chi connectivity index (χ4n) is 3.10. The topological polar surface area (TPSA) is 51.2 Å². The largest absolute Gasteiger partial charge is 0.496 e. The van der Waals surface area contributed by atoms with E-state index >= 15 is 0 Å². The maximum absolute atomic E-state index is 12.5. The van der Waals surface area contributed by atoms with Crippen LogP contribution in [0.15, 0.2) is 36.5 Å². The molecule has 2 aromatic rings. The van der Waals surface area contributed by atoms with Crippen molar-refractivity contribution in [2.45, 2.75) is 19.3 Å². The van der Waals surface area contributed by atoms with Crippen molar-refractivity contribution in [2.24, 2.45) is 5.92 Å². The number of pyridine rings is 1. The van der Waals surface area contributed by atoms with Gasteiger partial charge in [0.2, 0.25) is 0 Å². The molecule has 1 aliphatic heterocycles. The average Bonchev–Trinajstić information content (AvgIpc) is 2.64. The molecule has 0 bridgehead atoms. The summed E-state index contributed by atoms with van der Waals surface area (Å²) in [5, 5.41) is 3.84. The molecule has 1 fully saturated rings. The van der Waals surface area contributed by atoms with Gasteiger partial charge in [-0.25, -0.2) is 0 Å². The number of halogens is 1. The van der Waals surface area contributed by atoms with E-state index in [0.717, 1.165) is 48.5 Å². The van der Waals surface area contributed by atoms with Gasteiger partial charge in [-0.2, -0.15) is 0 Å². The zero-order valence-electron chi connectivity index (χ0n) is 13.7. The predicted molar refractivity (Wildman–Crippen MR) is 95.5 cm³/mol. The van der Waals surface area contributed by atoms with Crippen molar-refractivity contribution in [3.63, 3.8) is 0 Å². The van der Waals surface area contributed by atoms with Crippen LogP contribution in [-0.2, 0) is 11.2 Å². The van der Waals surface area contributed by atoms with E-state index in [1.165, 1.54) is 0 Å². The molecule has 0 unspecified atom stereocenters. The smallest absolute Gasteiger partial charge is 0.143 e. The molecule has 4 nitrogen and oxygen atoms in total. The highest BCUT2D eigenvalue weighted by molar-refractivity contribution is 6.33. The Balaban J connectivity index is 1.85. The summed E-state index contributed by atoms with van der Waals surface area (Å²) in [5.41, 5.74) is 2.49. The van der Waals surface area contributed by atoms with Crippen LogP contribution in [0.25, 0.3) is 11.1 Å². The molecule has 1 aliphatic rings. The lowest BCUT2D eigenvalue weighted by molar-refractivity contribution is -0.122. The number of aromatic nitrogens is 1. The number of carbonyl (C=O) groups is 1. The Morgan fingerprint density at radius 1 is 1.38 bits per heavy atom. The quantitative estimate of drug-likeness (QED) is 0.901. The summed E-state index contributed by atoms with van der Waals surface area (Å²) in [6.45, 7) is 1.77. The number of ether oxygens (including phenoxy) is 1. The maximum atomic E-state index is 12.5. The van der Waals surface area contributed by atoms with Crippen molar-refractivity contribution in [2.75, 3.05) is 20.2 Å². The molecule has 0 saturated carbocycles. The summed E-state index contributed by atoms with van der Waals surface area (Å²) in [6.07, 6.45) is 3.96. The number of hydrogen-bond acceptors (Lipinski definition) is 4. The Hall–Kier alpha value is -1.91. The van der Waals surface area contributed by atoms with Crippen LogP contribution in [0.4, 0.5) is 0 Å². The van der Waals surface area contributed by atoms with Gasteiger partial charge < -0.3 is 10.1 Å². The highest BCUT2D eigenvalue weighted by Gasteiger charge is 2.22. The van der Waals surface area contributed by atoms with Gasteiger partial charge >= 0.3 is 0 Å². The van der Waals surface area contributed by atoms with E-state index in [-0.39, 0.29) is 11.7 Å². The van der Waals surface area contributed by atoms with Gasteiger partial charge in [0.1, 0.15) is 11.5 Å². The standard InChI is InChI=1S/C19H21ClN2O2/c1-24-19-7-3-2-6-15(19)16-9-14(22-12-17(16)20)10-18(23)13-5-4-8-21-11-13/h2-3,6-7,9,12-13,21H,4-5,8,10-11H2,1H3/t13-/m1/s1. The van der Waals surface area contributed by atoms with Gasteiger partial charge in [0, 0.05) is 41.9 Å². The van der Waals surface area contributed by atoms with Crippen molar-refractivity contribution in [1.82, 2.24) is 10.3 Å². The Kier molecular flexibility index (Phi) is 5.48. The minimum atomic E-state index is 0.0888. The lowest BCUT2D eigenvalue weighted by Gasteiger charge is -2.21. The SMILES string of the molecule is COc1ccccc1-c1cc(CC(=O)[C@@H]2CCCNC2)ncc1Cl. The number of hydrogen-bond donors (Lipinski definition) is 1. The normalized spacial score (nSPS) is 17.5. The van der Waals surface area contributed by atoms with E-state index in [1.54, 1.807) is 13.3 Å². The van der Waals surface area contributed by atoms with E-state index in [4.69, 9.17) is 16.3 Å². The Bertz CT molecular complexity index is 727. The number of Topliss-reactive ketones (excluding diaryl/α,β-unsaturated/α-hetero) is 1. The Labute approximate surface area is 147 Å². The van der Waals surface area contributed by atoms with E-state index in [2.05, 4.69) is 10.3 Å². The summed E-state index contributed by atoms with van der Waals surface area (Å²) in [5.74, 6) is 1.08. The molecular formula is C19H21ClN2O2. The first-order chi connectivity index (χ1) is 11.7. The van der Waals surface area contributed by atoms with Gasteiger partial charge in [0.25, 0.3) is 0 Å². The molecule has 1 saturated heterocycles. The number of benzene rings is 1. The number of methoxy groups -OCH3 is 1. The van der Waals surface area contributed by atoms with Crippen molar-refractivity contribution in [3.05, 3.63) is 47.2 Å². The second-order valence-corrected chi connectivity index (χ2v) is 6.45. The van der Waals surface area contributed by atoms with Crippen LogP contribution >= 0.6 is 11.6 Å². The van der Waals surface area contributed by atoms with E-state index in [9.17, 15) is 4.79 Å². The Morgan fingerprint density at radius 2 is 2.21 bits per heavy atom. The zero-order valence-corrected chi connectivity index (χ0v) is 14.5. The molecule has 0 radical (unpaired) electrons. The van der Waals surface area contributed by atoms with Crippen LogP contribution in [0.3, 0.4) is 0 Å².